The SMILES string of the molecule is CC(C)=CC(=C(C)C)c1ccc2cc(OCC(=O)OCC(F)(F)C(F)(F)F)ccc2c1. The third kappa shape index (κ3) is 6.54. The molecule has 0 spiro atoms. The molecular weight excluding hydrogens is 419 g/mol. The van der Waals surface area contributed by atoms with Crippen LogP contribution in [0.2, 0.25) is 0 Å². The number of carbonyl (C=O) groups excluding carboxylic acids is 1. The molecule has 31 heavy (non-hydrogen) atoms. The van der Waals surface area contributed by atoms with Gasteiger partial charge in [0, 0.05) is 0 Å². The predicted molar refractivity (Wildman–Crippen MR) is 109 cm³/mol. The van der Waals surface area contributed by atoms with Gasteiger partial charge in [0.2, 0.25) is 0 Å². The second-order valence-corrected chi connectivity index (χ2v) is 7.51. The zero-order valence-electron chi connectivity index (χ0n) is 17.6. The van der Waals surface area contributed by atoms with Crippen molar-refractivity contribution in [1.29, 1.82) is 0 Å². The van der Waals surface area contributed by atoms with Crippen LogP contribution in [0.25, 0.3) is 16.3 Å². The summed E-state index contributed by atoms with van der Waals surface area (Å²) in [5.74, 6) is -6.18. The third-order valence-corrected chi connectivity index (χ3v) is 4.28. The molecule has 168 valence electrons. The molecule has 0 radical (unpaired) electrons. The summed E-state index contributed by atoms with van der Waals surface area (Å²) < 4.78 is 71.0. The molecule has 0 amide bonds. The maximum atomic E-state index is 12.8. The Morgan fingerprint density at radius 1 is 0.935 bits per heavy atom. The average molecular weight is 442 g/mol. The van der Waals surface area contributed by atoms with Crippen molar-refractivity contribution in [3.63, 3.8) is 0 Å². The average Bonchev–Trinajstić information content (AvgIpc) is 2.67. The van der Waals surface area contributed by atoms with Crippen LogP contribution < -0.4 is 4.74 Å². The second kappa shape index (κ2) is 9.49. The number of hydrogen-bond acceptors (Lipinski definition) is 3. The van der Waals surface area contributed by atoms with Crippen LogP contribution in [0, 0.1) is 0 Å². The number of fused-ring (bicyclic) bond motifs is 1. The van der Waals surface area contributed by atoms with E-state index in [1.54, 1.807) is 18.2 Å². The summed E-state index contributed by atoms with van der Waals surface area (Å²) in [7, 11) is 0. The summed E-state index contributed by atoms with van der Waals surface area (Å²) in [5, 5.41) is 1.72. The largest absolute Gasteiger partial charge is 0.482 e. The molecule has 0 heterocycles. The summed E-state index contributed by atoms with van der Waals surface area (Å²) in [4.78, 5) is 11.5. The Labute approximate surface area is 177 Å². The molecule has 3 nitrogen and oxygen atoms in total. The van der Waals surface area contributed by atoms with Crippen molar-refractivity contribution in [1.82, 2.24) is 0 Å². The molecule has 0 atom stereocenters. The van der Waals surface area contributed by atoms with Gasteiger partial charge in [0.15, 0.2) is 13.2 Å². The number of hydrogen-bond donors (Lipinski definition) is 0. The molecule has 8 heteroatoms. The number of ether oxygens (including phenoxy) is 2. The van der Waals surface area contributed by atoms with Gasteiger partial charge < -0.3 is 9.47 Å². The van der Waals surface area contributed by atoms with Crippen molar-refractivity contribution in [2.75, 3.05) is 13.2 Å². The molecular formula is C23H23F5O3. The minimum absolute atomic E-state index is 0.256. The van der Waals surface area contributed by atoms with Gasteiger partial charge in [0.1, 0.15) is 5.75 Å². The fraction of sp³-hybridized carbons (Fsp3) is 0.348. The Morgan fingerprint density at radius 3 is 2.13 bits per heavy atom. The van der Waals surface area contributed by atoms with E-state index in [9.17, 15) is 26.7 Å². The molecule has 0 aromatic heterocycles. The topological polar surface area (TPSA) is 35.5 Å². The van der Waals surface area contributed by atoms with Crippen LogP contribution in [0.4, 0.5) is 22.0 Å². The molecule has 0 N–H and O–H groups in total. The van der Waals surface area contributed by atoms with Gasteiger partial charge in [-0.2, -0.15) is 22.0 Å². The Morgan fingerprint density at radius 2 is 1.55 bits per heavy atom. The lowest BCUT2D eigenvalue weighted by atomic mass is 9.96. The number of rotatable bonds is 7. The standard InChI is InChI=1S/C23H23F5O3/c1-14(2)9-20(15(3)4)18-6-5-17-11-19(8-7-16(17)10-18)30-12-21(29)31-13-22(24,25)23(26,27)28/h5-11H,12-13H2,1-4H3. The fourth-order valence-corrected chi connectivity index (χ4v) is 2.72. The van der Waals surface area contributed by atoms with Crippen LogP contribution in [0.5, 0.6) is 5.75 Å². The quantitative estimate of drug-likeness (QED) is 0.271. The predicted octanol–water partition coefficient (Wildman–Crippen LogP) is 6.72. The van der Waals surface area contributed by atoms with E-state index >= 15 is 0 Å². The summed E-state index contributed by atoms with van der Waals surface area (Å²) in [6.45, 7) is 5.21. The highest BCUT2D eigenvalue weighted by molar-refractivity contribution is 5.89. The number of carbonyl (C=O) groups is 1. The number of benzene rings is 2. The van der Waals surface area contributed by atoms with E-state index in [1.807, 2.05) is 45.9 Å². The number of alkyl halides is 5. The first-order chi connectivity index (χ1) is 14.3. The minimum atomic E-state index is -5.79. The maximum Gasteiger partial charge on any atom is 0.456 e. The van der Waals surface area contributed by atoms with Crippen LogP contribution in [0.1, 0.15) is 33.3 Å². The molecule has 0 saturated heterocycles. The van der Waals surface area contributed by atoms with E-state index < -0.39 is 31.3 Å². The number of esters is 1. The lowest BCUT2D eigenvalue weighted by Crippen LogP contribution is -2.41. The van der Waals surface area contributed by atoms with Crippen molar-refractivity contribution >= 4 is 22.3 Å². The normalized spacial score (nSPS) is 11.8. The molecule has 0 aliphatic heterocycles. The van der Waals surface area contributed by atoms with Gasteiger partial charge in [-0.15, -0.1) is 0 Å². The first-order valence-electron chi connectivity index (χ1n) is 9.40. The minimum Gasteiger partial charge on any atom is -0.482 e. The van der Waals surface area contributed by atoms with Crippen LogP contribution in [0.15, 0.2) is 53.6 Å². The van der Waals surface area contributed by atoms with Crippen molar-refractivity contribution in [2.24, 2.45) is 0 Å². The molecule has 0 aliphatic rings. The summed E-state index contributed by atoms with van der Waals surface area (Å²) in [5.41, 5.74) is 4.48. The van der Waals surface area contributed by atoms with Crippen LogP contribution in [-0.4, -0.2) is 31.3 Å². The Kier molecular flexibility index (Phi) is 7.46. The van der Waals surface area contributed by atoms with Crippen molar-refractivity contribution < 1.29 is 36.2 Å². The van der Waals surface area contributed by atoms with Gasteiger partial charge in [-0.3, -0.25) is 0 Å². The van der Waals surface area contributed by atoms with E-state index in [1.165, 1.54) is 5.57 Å². The summed E-state index contributed by atoms with van der Waals surface area (Å²) in [6, 6.07) is 10.8. The van der Waals surface area contributed by atoms with E-state index in [0.717, 1.165) is 27.5 Å². The van der Waals surface area contributed by atoms with Gasteiger partial charge >= 0.3 is 18.1 Å². The molecule has 2 aromatic rings. The van der Waals surface area contributed by atoms with Crippen LogP contribution >= 0.6 is 0 Å². The zero-order valence-corrected chi connectivity index (χ0v) is 17.6. The lowest BCUT2D eigenvalue weighted by molar-refractivity contribution is -0.294. The molecule has 0 unspecified atom stereocenters. The Balaban J connectivity index is 2.08. The molecule has 2 rings (SSSR count). The second-order valence-electron chi connectivity index (χ2n) is 7.51. The molecule has 0 aliphatic carbocycles. The van der Waals surface area contributed by atoms with Gasteiger partial charge in [-0.25, -0.2) is 4.79 Å². The van der Waals surface area contributed by atoms with Crippen LogP contribution in [0.3, 0.4) is 0 Å². The Bertz CT molecular complexity index is 1010. The van der Waals surface area contributed by atoms with Crippen molar-refractivity contribution in [3.8, 4) is 5.75 Å². The van der Waals surface area contributed by atoms with E-state index in [2.05, 4.69) is 10.8 Å². The van der Waals surface area contributed by atoms with Crippen molar-refractivity contribution in [2.45, 2.75) is 39.8 Å². The molecule has 0 fully saturated rings. The summed E-state index contributed by atoms with van der Waals surface area (Å²) in [6.07, 6.45) is -3.69. The first kappa shape index (κ1) is 24.4. The first-order valence-corrected chi connectivity index (χ1v) is 9.40. The highest BCUT2D eigenvalue weighted by atomic mass is 19.4. The fourth-order valence-electron chi connectivity index (χ4n) is 2.72. The maximum absolute atomic E-state index is 12.8. The summed E-state index contributed by atoms with van der Waals surface area (Å²) >= 11 is 0. The molecule has 0 bridgehead atoms. The van der Waals surface area contributed by atoms with Gasteiger partial charge in [0.25, 0.3) is 0 Å². The zero-order chi connectivity index (χ0) is 23.4. The van der Waals surface area contributed by atoms with Crippen LogP contribution in [-0.2, 0) is 9.53 Å². The van der Waals surface area contributed by atoms with E-state index in [-0.39, 0.29) is 5.75 Å². The number of allylic oxidation sites excluding steroid dienone is 4. The molecule has 0 saturated carbocycles. The van der Waals surface area contributed by atoms with Crippen molar-refractivity contribution in [3.05, 3.63) is 59.2 Å². The highest BCUT2D eigenvalue weighted by Crippen LogP contribution is 2.35. The molecule has 2 aromatic carbocycles. The monoisotopic (exact) mass is 442 g/mol. The smallest absolute Gasteiger partial charge is 0.456 e. The van der Waals surface area contributed by atoms with E-state index in [0.29, 0.717) is 0 Å². The van der Waals surface area contributed by atoms with Gasteiger partial charge in [-0.1, -0.05) is 35.4 Å². The Hall–Kier alpha value is -2.90. The lowest BCUT2D eigenvalue weighted by Gasteiger charge is -2.19. The number of halogens is 5. The van der Waals surface area contributed by atoms with E-state index in [4.69, 9.17) is 4.74 Å². The van der Waals surface area contributed by atoms with Gasteiger partial charge in [-0.05, 0) is 67.8 Å². The highest BCUT2D eigenvalue weighted by Gasteiger charge is 2.58. The van der Waals surface area contributed by atoms with Gasteiger partial charge in [0.05, 0.1) is 0 Å². The third-order valence-electron chi connectivity index (χ3n) is 4.28.